The van der Waals surface area contributed by atoms with Gasteiger partial charge in [-0.1, -0.05) is 12.1 Å². The third-order valence-electron chi connectivity index (χ3n) is 4.71. The molecule has 0 fully saturated rings. The second kappa shape index (κ2) is 10.8. The summed E-state index contributed by atoms with van der Waals surface area (Å²) < 4.78 is 45.7. The fourth-order valence-electron chi connectivity index (χ4n) is 2.92. The van der Waals surface area contributed by atoms with E-state index in [0.717, 1.165) is 11.6 Å². The molecule has 0 aliphatic carbocycles. The summed E-state index contributed by atoms with van der Waals surface area (Å²) in [4.78, 5) is 23.8. The highest BCUT2D eigenvalue weighted by Gasteiger charge is 2.16. The van der Waals surface area contributed by atoms with Crippen LogP contribution in [0.15, 0.2) is 77.7 Å². The summed E-state index contributed by atoms with van der Waals surface area (Å²) in [5.74, 6) is -1.30. The van der Waals surface area contributed by atoms with Gasteiger partial charge >= 0.3 is 5.97 Å². The van der Waals surface area contributed by atoms with Gasteiger partial charge < -0.3 is 10.1 Å². The summed E-state index contributed by atoms with van der Waals surface area (Å²) in [5, 5.41) is 2.75. The van der Waals surface area contributed by atoms with Crippen molar-refractivity contribution in [2.75, 3.05) is 16.6 Å². The SMILES string of the molecule is CCOC(=O)/C=C/c1ccc(NC(=O)c2ccc(NS(=O)(=O)c3ccc(F)c(C)c3)cc2)cc1. The van der Waals surface area contributed by atoms with E-state index in [1.807, 2.05) is 0 Å². The lowest BCUT2D eigenvalue weighted by atomic mass is 10.1. The minimum Gasteiger partial charge on any atom is -0.463 e. The van der Waals surface area contributed by atoms with Gasteiger partial charge in [0, 0.05) is 23.0 Å². The van der Waals surface area contributed by atoms with E-state index in [4.69, 9.17) is 4.74 Å². The first-order valence-electron chi connectivity index (χ1n) is 10.3. The molecule has 0 heterocycles. The van der Waals surface area contributed by atoms with E-state index in [-0.39, 0.29) is 22.1 Å². The fourth-order valence-corrected chi connectivity index (χ4v) is 4.07. The van der Waals surface area contributed by atoms with Crippen LogP contribution < -0.4 is 10.0 Å². The zero-order valence-electron chi connectivity index (χ0n) is 18.5. The summed E-state index contributed by atoms with van der Waals surface area (Å²) in [6.45, 7) is 3.51. The van der Waals surface area contributed by atoms with Crippen molar-refractivity contribution >= 4 is 39.4 Å². The lowest BCUT2D eigenvalue weighted by molar-refractivity contribution is -0.137. The number of rotatable bonds is 8. The molecule has 176 valence electrons. The van der Waals surface area contributed by atoms with Gasteiger partial charge in [0.05, 0.1) is 11.5 Å². The molecule has 0 radical (unpaired) electrons. The van der Waals surface area contributed by atoms with E-state index >= 15 is 0 Å². The number of benzene rings is 3. The summed E-state index contributed by atoms with van der Waals surface area (Å²) >= 11 is 0. The maximum atomic E-state index is 13.4. The number of hydrogen-bond donors (Lipinski definition) is 2. The van der Waals surface area contributed by atoms with E-state index in [1.54, 1.807) is 37.3 Å². The fraction of sp³-hybridized carbons (Fsp3) is 0.120. The molecule has 0 bridgehead atoms. The van der Waals surface area contributed by atoms with Gasteiger partial charge in [0.15, 0.2) is 0 Å². The van der Waals surface area contributed by atoms with Crippen LogP contribution in [0, 0.1) is 12.7 Å². The number of aryl methyl sites for hydroxylation is 1. The summed E-state index contributed by atoms with van der Waals surface area (Å²) in [6.07, 6.45) is 2.93. The Morgan fingerprint density at radius 3 is 2.24 bits per heavy atom. The van der Waals surface area contributed by atoms with Gasteiger partial charge in [-0.2, -0.15) is 0 Å². The molecule has 0 atom stereocenters. The zero-order chi connectivity index (χ0) is 24.7. The third-order valence-corrected chi connectivity index (χ3v) is 6.08. The largest absolute Gasteiger partial charge is 0.463 e. The lowest BCUT2D eigenvalue weighted by Gasteiger charge is -2.10. The standard InChI is InChI=1S/C25H23FN2O5S/c1-3-33-24(29)15-6-18-4-9-20(10-5-18)27-25(30)19-7-11-21(12-8-19)28-34(31,32)22-13-14-23(26)17(2)16-22/h4-16,28H,3H2,1-2H3,(H,27,30)/b15-6+. The molecule has 7 nitrogen and oxygen atoms in total. The predicted molar refractivity (Wildman–Crippen MR) is 128 cm³/mol. The lowest BCUT2D eigenvalue weighted by Crippen LogP contribution is -2.14. The third kappa shape index (κ3) is 6.52. The van der Waals surface area contributed by atoms with Gasteiger partial charge in [-0.25, -0.2) is 17.6 Å². The number of halogens is 1. The minimum absolute atomic E-state index is 0.0613. The molecule has 1 amide bonds. The van der Waals surface area contributed by atoms with Crippen molar-refractivity contribution in [3.05, 3.63) is 95.3 Å². The van der Waals surface area contributed by atoms with Crippen molar-refractivity contribution in [2.45, 2.75) is 18.7 Å². The Morgan fingerprint density at radius 1 is 0.971 bits per heavy atom. The molecule has 0 saturated carbocycles. The average molecular weight is 483 g/mol. The Bertz CT molecular complexity index is 1320. The molecule has 0 aliphatic rings. The van der Waals surface area contributed by atoms with Crippen LogP contribution in [0.2, 0.25) is 0 Å². The number of ether oxygens (including phenoxy) is 1. The first kappa shape index (κ1) is 24.7. The van der Waals surface area contributed by atoms with Gasteiger partial charge in [-0.05, 0) is 85.6 Å². The minimum atomic E-state index is -3.90. The van der Waals surface area contributed by atoms with Crippen LogP contribution in [0.1, 0.15) is 28.4 Å². The van der Waals surface area contributed by atoms with Gasteiger partial charge in [-0.15, -0.1) is 0 Å². The van der Waals surface area contributed by atoms with Crippen LogP contribution in [-0.4, -0.2) is 26.9 Å². The number of sulfonamides is 1. The number of hydrogen-bond acceptors (Lipinski definition) is 5. The molecule has 0 unspecified atom stereocenters. The summed E-state index contributed by atoms with van der Waals surface area (Å²) in [6, 6.07) is 16.3. The van der Waals surface area contributed by atoms with Crippen LogP contribution >= 0.6 is 0 Å². The molecule has 0 aromatic heterocycles. The molecule has 9 heteroatoms. The Labute approximate surface area is 197 Å². The number of carbonyl (C=O) groups excluding carboxylic acids is 2. The van der Waals surface area contributed by atoms with Crippen molar-refractivity contribution in [2.24, 2.45) is 0 Å². The number of esters is 1. The van der Waals surface area contributed by atoms with E-state index in [1.165, 1.54) is 49.4 Å². The normalized spacial score (nSPS) is 11.3. The van der Waals surface area contributed by atoms with Gasteiger partial charge in [0.2, 0.25) is 0 Å². The maximum Gasteiger partial charge on any atom is 0.330 e. The highest BCUT2D eigenvalue weighted by molar-refractivity contribution is 7.92. The highest BCUT2D eigenvalue weighted by Crippen LogP contribution is 2.20. The van der Waals surface area contributed by atoms with Gasteiger partial charge in [0.1, 0.15) is 5.82 Å². The van der Waals surface area contributed by atoms with Crippen LogP contribution in [0.5, 0.6) is 0 Å². The Morgan fingerprint density at radius 2 is 1.62 bits per heavy atom. The topological polar surface area (TPSA) is 102 Å². The first-order chi connectivity index (χ1) is 16.2. The van der Waals surface area contributed by atoms with Gasteiger partial charge in [0.25, 0.3) is 15.9 Å². The van der Waals surface area contributed by atoms with Crippen molar-refractivity contribution in [3.63, 3.8) is 0 Å². The summed E-state index contributed by atoms with van der Waals surface area (Å²) in [7, 11) is -3.90. The Balaban J connectivity index is 1.62. The maximum absolute atomic E-state index is 13.4. The highest BCUT2D eigenvalue weighted by atomic mass is 32.2. The van der Waals surface area contributed by atoms with E-state index in [0.29, 0.717) is 17.9 Å². The number of anilines is 2. The monoisotopic (exact) mass is 482 g/mol. The van der Waals surface area contributed by atoms with E-state index < -0.39 is 21.8 Å². The van der Waals surface area contributed by atoms with Gasteiger partial charge in [-0.3, -0.25) is 9.52 Å². The molecule has 0 saturated heterocycles. The molecule has 34 heavy (non-hydrogen) atoms. The van der Waals surface area contributed by atoms with Crippen LogP contribution in [0.4, 0.5) is 15.8 Å². The van der Waals surface area contributed by atoms with E-state index in [9.17, 15) is 22.4 Å². The quantitative estimate of drug-likeness (QED) is 0.356. The number of nitrogens with one attached hydrogen (secondary N) is 2. The van der Waals surface area contributed by atoms with Crippen molar-refractivity contribution in [1.29, 1.82) is 0 Å². The van der Waals surface area contributed by atoms with Crippen molar-refractivity contribution in [3.8, 4) is 0 Å². The Hall–Kier alpha value is -3.98. The second-order valence-corrected chi connectivity index (χ2v) is 8.94. The molecular weight excluding hydrogens is 459 g/mol. The molecule has 3 aromatic carbocycles. The second-order valence-electron chi connectivity index (χ2n) is 7.26. The first-order valence-corrected chi connectivity index (χ1v) is 11.8. The summed E-state index contributed by atoms with van der Waals surface area (Å²) in [5.41, 5.74) is 2.12. The number of amides is 1. The Kier molecular flexibility index (Phi) is 7.80. The molecule has 0 spiro atoms. The van der Waals surface area contributed by atoms with Crippen LogP contribution in [0.3, 0.4) is 0 Å². The van der Waals surface area contributed by atoms with Crippen LogP contribution in [-0.2, 0) is 19.6 Å². The van der Waals surface area contributed by atoms with E-state index in [2.05, 4.69) is 10.0 Å². The molecule has 3 rings (SSSR count). The molecule has 0 aliphatic heterocycles. The van der Waals surface area contributed by atoms with Crippen LogP contribution in [0.25, 0.3) is 6.08 Å². The van der Waals surface area contributed by atoms with Crippen molar-refractivity contribution in [1.82, 2.24) is 0 Å². The number of carbonyl (C=O) groups is 2. The smallest absolute Gasteiger partial charge is 0.330 e. The zero-order valence-corrected chi connectivity index (χ0v) is 19.4. The predicted octanol–water partition coefficient (Wildman–Crippen LogP) is 4.76. The molecule has 3 aromatic rings. The average Bonchev–Trinajstić information content (AvgIpc) is 2.80. The molecular formula is C25H23FN2O5S. The molecule has 2 N–H and O–H groups in total. The van der Waals surface area contributed by atoms with Crippen molar-refractivity contribution < 1.29 is 27.1 Å².